The number of hydrogen-bond donors (Lipinski definition) is 1. The van der Waals surface area contributed by atoms with Crippen LogP contribution in [0, 0.1) is 0 Å². The predicted molar refractivity (Wildman–Crippen MR) is 47.3 cm³/mol. The molecular formula is C7H8BrN3O2. The first-order valence-corrected chi connectivity index (χ1v) is 4.81. The highest BCUT2D eigenvalue weighted by Crippen LogP contribution is 2.24. The maximum atomic E-state index is 10.8. The molecule has 0 spiro atoms. The van der Waals surface area contributed by atoms with Gasteiger partial charge in [-0.25, -0.2) is 14.5 Å². The number of rotatable bonds is 1. The number of carboxylic acids is 1. The van der Waals surface area contributed by atoms with Gasteiger partial charge in [0.25, 0.3) is 0 Å². The summed E-state index contributed by atoms with van der Waals surface area (Å²) in [4.78, 5) is 14.9. The number of nitrogens with zero attached hydrogens (tertiary/aromatic N) is 3. The minimum atomic E-state index is -0.835. The fraction of sp³-hybridized carbons (Fsp3) is 0.571. The number of carboxylic acid groups (broad SMARTS) is 1. The van der Waals surface area contributed by atoms with Gasteiger partial charge in [0.1, 0.15) is 5.82 Å². The van der Waals surface area contributed by atoms with Gasteiger partial charge in [0, 0.05) is 6.42 Å². The lowest BCUT2D eigenvalue weighted by Gasteiger charge is -2.18. The van der Waals surface area contributed by atoms with Crippen molar-refractivity contribution in [2.75, 3.05) is 0 Å². The molecular weight excluding hydrogens is 238 g/mol. The predicted octanol–water partition coefficient (Wildman–Crippen LogP) is 1.00. The van der Waals surface area contributed by atoms with E-state index < -0.39 is 12.0 Å². The minimum absolute atomic E-state index is 0.468. The fourth-order valence-corrected chi connectivity index (χ4v) is 1.93. The van der Waals surface area contributed by atoms with E-state index in [1.54, 1.807) is 0 Å². The molecule has 0 amide bonds. The van der Waals surface area contributed by atoms with Crippen molar-refractivity contribution in [2.45, 2.75) is 25.3 Å². The van der Waals surface area contributed by atoms with Crippen LogP contribution in [0.5, 0.6) is 0 Å². The SMILES string of the molecule is O=C(O)C1CCCc2nc(Br)nn21. The Morgan fingerprint density at radius 3 is 3.15 bits per heavy atom. The van der Waals surface area contributed by atoms with E-state index in [4.69, 9.17) is 5.11 Å². The van der Waals surface area contributed by atoms with E-state index >= 15 is 0 Å². The third-order valence-corrected chi connectivity index (χ3v) is 2.47. The van der Waals surface area contributed by atoms with Crippen LogP contribution in [0.25, 0.3) is 0 Å². The van der Waals surface area contributed by atoms with Crippen LogP contribution in [0.15, 0.2) is 4.73 Å². The number of aryl methyl sites for hydroxylation is 1. The molecule has 0 fully saturated rings. The monoisotopic (exact) mass is 245 g/mol. The first-order valence-electron chi connectivity index (χ1n) is 4.02. The highest BCUT2D eigenvalue weighted by molar-refractivity contribution is 9.10. The number of hydrogen-bond acceptors (Lipinski definition) is 3. The summed E-state index contributed by atoms with van der Waals surface area (Å²) in [5.41, 5.74) is 0. The summed E-state index contributed by atoms with van der Waals surface area (Å²) < 4.78 is 1.96. The molecule has 6 heteroatoms. The summed E-state index contributed by atoms with van der Waals surface area (Å²) in [6.07, 6.45) is 2.31. The highest BCUT2D eigenvalue weighted by Gasteiger charge is 2.27. The molecule has 0 aromatic carbocycles. The molecule has 0 saturated heterocycles. The topological polar surface area (TPSA) is 68.0 Å². The Labute approximate surface area is 82.9 Å². The highest BCUT2D eigenvalue weighted by atomic mass is 79.9. The van der Waals surface area contributed by atoms with Crippen molar-refractivity contribution in [3.63, 3.8) is 0 Å². The number of aromatic nitrogens is 3. The molecule has 1 aliphatic heterocycles. The third-order valence-electron chi connectivity index (χ3n) is 2.13. The zero-order valence-electron chi connectivity index (χ0n) is 6.77. The van der Waals surface area contributed by atoms with Crippen molar-refractivity contribution in [2.24, 2.45) is 0 Å². The summed E-state index contributed by atoms with van der Waals surface area (Å²) in [7, 11) is 0. The number of halogens is 1. The molecule has 1 aliphatic rings. The smallest absolute Gasteiger partial charge is 0.328 e. The van der Waals surface area contributed by atoms with Gasteiger partial charge in [0.2, 0.25) is 4.73 Å². The average molecular weight is 246 g/mol. The van der Waals surface area contributed by atoms with E-state index in [0.717, 1.165) is 18.7 Å². The minimum Gasteiger partial charge on any atom is -0.480 e. The summed E-state index contributed by atoms with van der Waals surface area (Å²) in [6, 6.07) is -0.539. The molecule has 0 saturated carbocycles. The van der Waals surface area contributed by atoms with Crippen LogP contribution in [-0.4, -0.2) is 25.8 Å². The largest absolute Gasteiger partial charge is 0.480 e. The second-order valence-corrected chi connectivity index (χ2v) is 3.70. The van der Waals surface area contributed by atoms with Crippen molar-refractivity contribution in [3.05, 3.63) is 10.6 Å². The molecule has 70 valence electrons. The lowest BCUT2D eigenvalue weighted by molar-refractivity contribution is -0.141. The maximum Gasteiger partial charge on any atom is 0.328 e. The molecule has 1 aromatic heterocycles. The van der Waals surface area contributed by atoms with Crippen LogP contribution in [0.2, 0.25) is 0 Å². The lowest BCUT2D eigenvalue weighted by Crippen LogP contribution is -2.25. The molecule has 0 bridgehead atoms. The molecule has 1 unspecified atom stereocenters. The standard InChI is InChI=1S/C7H8BrN3O2/c8-7-9-5-3-1-2-4(6(12)13)11(5)10-7/h4H,1-3H2,(H,12,13). The second kappa shape index (κ2) is 3.10. The zero-order chi connectivity index (χ0) is 9.42. The Bertz CT molecular complexity index is 350. The van der Waals surface area contributed by atoms with Crippen molar-refractivity contribution >= 4 is 21.9 Å². The Kier molecular flexibility index (Phi) is 2.07. The van der Waals surface area contributed by atoms with Gasteiger partial charge in [-0.05, 0) is 28.8 Å². The van der Waals surface area contributed by atoms with Gasteiger partial charge in [-0.2, -0.15) is 0 Å². The van der Waals surface area contributed by atoms with Gasteiger partial charge in [-0.3, -0.25) is 0 Å². The quantitative estimate of drug-likeness (QED) is 0.802. The summed E-state index contributed by atoms with van der Waals surface area (Å²) in [5.74, 6) is -0.0797. The van der Waals surface area contributed by atoms with Crippen molar-refractivity contribution in [1.82, 2.24) is 14.8 Å². The Morgan fingerprint density at radius 2 is 2.46 bits per heavy atom. The van der Waals surface area contributed by atoms with Crippen LogP contribution in [0.1, 0.15) is 24.7 Å². The van der Waals surface area contributed by atoms with Crippen molar-refractivity contribution < 1.29 is 9.90 Å². The normalized spacial score (nSPS) is 21.2. The molecule has 2 rings (SSSR count). The lowest BCUT2D eigenvalue weighted by atomic mass is 10.1. The molecule has 5 nitrogen and oxygen atoms in total. The maximum absolute atomic E-state index is 10.8. The van der Waals surface area contributed by atoms with Gasteiger partial charge in [-0.1, -0.05) is 0 Å². The Hall–Kier alpha value is -0.910. The van der Waals surface area contributed by atoms with E-state index in [-0.39, 0.29) is 0 Å². The molecule has 0 aliphatic carbocycles. The molecule has 1 aromatic rings. The van der Waals surface area contributed by atoms with Crippen molar-refractivity contribution in [1.29, 1.82) is 0 Å². The van der Waals surface area contributed by atoms with Crippen LogP contribution >= 0.6 is 15.9 Å². The summed E-state index contributed by atoms with van der Waals surface area (Å²) in [5, 5.41) is 12.9. The van der Waals surface area contributed by atoms with E-state index in [1.807, 2.05) is 0 Å². The zero-order valence-corrected chi connectivity index (χ0v) is 8.36. The second-order valence-electron chi connectivity index (χ2n) is 2.99. The van der Waals surface area contributed by atoms with E-state index in [0.29, 0.717) is 11.2 Å². The van der Waals surface area contributed by atoms with E-state index in [1.165, 1.54) is 4.68 Å². The molecule has 13 heavy (non-hydrogen) atoms. The molecule has 2 heterocycles. The van der Waals surface area contributed by atoms with Gasteiger partial charge >= 0.3 is 5.97 Å². The first kappa shape index (κ1) is 8.68. The van der Waals surface area contributed by atoms with E-state index in [9.17, 15) is 4.79 Å². The van der Waals surface area contributed by atoms with Crippen LogP contribution in [0.4, 0.5) is 0 Å². The average Bonchev–Trinajstić information content (AvgIpc) is 2.43. The summed E-state index contributed by atoms with van der Waals surface area (Å²) >= 11 is 3.13. The molecule has 0 radical (unpaired) electrons. The van der Waals surface area contributed by atoms with Crippen molar-refractivity contribution in [3.8, 4) is 0 Å². The number of carbonyl (C=O) groups is 1. The Morgan fingerprint density at radius 1 is 1.69 bits per heavy atom. The first-order chi connectivity index (χ1) is 6.18. The van der Waals surface area contributed by atoms with Crippen LogP contribution < -0.4 is 0 Å². The molecule has 1 atom stereocenters. The fourth-order valence-electron chi connectivity index (χ4n) is 1.55. The number of fused-ring (bicyclic) bond motifs is 1. The third kappa shape index (κ3) is 1.46. The Balaban J connectivity index is 2.41. The summed E-state index contributed by atoms with van der Waals surface area (Å²) in [6.45, 7) is 0. The molecule has 1 N–H and O–H groups in total. The van der Waals surface area contributed by atoms with Crippen LogP contribution in [0.3, 0.4) is 0 Å². The van der Waals surface area contributed by atoms with Crippen LogP contribution in [-0.2, 0) is 11.2 Å². The van der Waals surface area contributed by atoms with Gasteiger partial charge < -0.3 is 5.11 Å². The van der Waals surface area contributed by atoms with Gasteiger partial charge in [-0.15, -0.1) is 5.10 Å². The number of aliphatic carboxylic acids is 1. The van der Waals surface area contributed by atoms with E-state index in [2.05, 4.69) is 26.0 Å². The van der Waals surface area contributed by atoms with Gasteiger partial charge in [0.05, 0.1) is 0 Å². The van der Waals surface area contributed by atoms with Gasteiger partial charge in [0.15, 0.2) is 6.04 Å².